The predicted molar refractivity (Wildman–Crippen MR) is 85.0 cm³/mol. The van der Waals surface area contributed by atoms with Gasteiger partial charge in [-0.25, -0.2) is 9.97 Å². The Morgan fingerprint density at radius 2 is 1.30 bits per heavy atom. The van der Waals surface area contributed by atoms with E-state index in [0.717, 1.165) is 21.3 Å². The number of anilines is 1. The second-order valence-corrected chi connectivity index (χ2v) is 5.12. The van der Waals surface area contributed by atoms with Gasteiger partial charge in [0.25, 0.3) is 0 Å². The van der Waals surface area contributed by atoms with Crippen LogP contribution in [-0.4, -0.2) is 9.97 Å². The van der Waals surface area contributed by atoms with Gasteiger partial charge in [0, 0.05) is 11.1 Å². The molecule has 0 radical (unpaired) electrons. The molecule has 2 aromatic carbocycles. The number of hydrogen-bond donors (Lipinski definition) is 1. The minimum absolute atomic E-state index is 0.442. The van der Waals surface area contributed by atoms with E-state index >= 15 is 0 Å². The minimum atomic E-state index is 0.442. The lowest BCUT2D eigenvalue weighted by Crippen LogP contribution is -2.00. The molecular weight excluding hydrogens is 314 g/mol. The van der Waals surface area contributed by atoms with Crippen molar-refractivity contribution in [3.05, 3.63) is 65.1 Å². The summed E-state index contributed by atoms with van der Waals surface area (Å²) < 4.78 is 0.725. The largest absolute Gasteiger partial charge is 0.383 e. The fraction of sp³-hybridized carbons (Fsp3) is 0. The van der Waals surface area contributed by atoms with Crippen LogP contribution in [0.4, 0.5) is 5.82 Å². The molecule has 0 spiro atoms. The quantitative estimate of drug-likeness (QED) is 0.769. The Bertz CT molecular complexity index is 727. The van der Waals surface area contributed by atoms with Gasteiger partial charge in [-0.1, -0.05) is 60.7 Å². The van der Waals surface area contributed by atoms with Gasteiger partial charge < -0.3 is 5.73 Å². The third-order valence-electron chi connectivity index (χ3n) is 2.96. The van der Waals surface area contributed by atoms with Gasteiger partial charge >= 0.3 is 0 Å². The second-order valence-electron chi connectivity index (χ2n) is 4.33. The van der Waals surface area contributed by atoms with Crippen LogP contribution in [0.15, 0.2) is 65.1 Å². The molecule has 3 aromatic rings. The number of hydrogen-bond acceptors (Lipinski definition) is 3. The number of nitrogens with zero attached hydrogens (tertiary/aromatic N) is 2. The van der Waals surface area contributed by atoms with E-state index in [2.05, 4.69) is 25.9 Å². The molecule has 3 nitrogen and oxygen atoms in total. The van der Waals surface area contributed by atoms with Crippen molar-refractivity contribution in [1.82, 2.24) is 9.97 Å². The van der Waals surface area contributed by atoms with Gasteiger partial charge in [-0.05, 0) is 15.9 Å². The Kier molecular flexibility index (Phi) is 3.48. The maximum atomic E-state index is 6.00. The van der Waals surface area contributed by atoms with Gasteiger partial charge in [-0.3, -0.25) is 0 Å². The van der Waals surface area contributed by atoms with Crippen LogP contribution < -0.4 is 5.73 Å². The first-order valence-electron chi connectivity index (χ1n) is 6.19. The smallest absolute Gasteiger partial charge is 0.162 e. The number of halogens is 1. The van der Waals surface area contributed by atoms with Crippen molar-refractivity contribution in [2.24, 2.45) is 0 Å². The summed E-state index contributed by atoms with van der Waals surface area (Å²) in [7, 11) is 0. The summed E-state index contributed by atoms with van der Waals surface area (Å²) in [5.41, 5.74) is 8.75. The molecule has 0 saturated carbocycles. The molecule has 0 unspecified atom stereocenters. The highest BCUT2D eigenvalue weighted by Crippen LogP contribution is 2.32. The number of rotatable bonds is 2. The van der Waals surface area contributed by atoms with Crippen molar-refractivity contribution in [2.75, 3.05) is 5.73 Å². The summed E-state index contributed by atoms with van der Waals surface area (Å²) >= 11 is 3.47. The Morgan fingerprint density at radius 3 is 1.90 bits per heavy atom. The third kappa shape index (κ3) is 2.42. The minimum Gasteiger partial charge on any atom is -0.383 e. The first-order valence-corrected chi connectivity index (χ1v) is 6.99. The average Bonchev–Trinajstić information content (AvgIpc) is 2.51. The van der Waals surface area contributed by atoms with E-state index in [1.54, 1.807) is 0 Å². The maximum absolute atomic E-state index is 6.00. The molecule has 3 rings (SSSR count). The number of nitrogens with two attached hydrogens (primary N) is 1. The van der Waals surface area contributed by atoms with Gasteiger partial charge in [-0.15, -0.1) is 0 Å². The van der Waals surface area contributed by atoms with E-state index in [4.69, 9.17) is 5.73 Å². The van der Waals surface area contributed by atoms with E-state index in [1.807, 2.05) is 60.7 Å². The first kappa shape index (κ1) is 12.8. The zero-order chi connectivity index (χ0) is 13.9. The highest BCUT2D eigenvalue weighted by atomic mass is 79.9. The zero-order valence-corrected chi connectivity index (χ0v) is 12.2. The van der Waals surface area contributed by atoms with Crippen LogP contribution >= 0.6 is 15.9 Å². The lowest BCUT2D eigenvalue weighted by Gasteiger charge is -2.09. The molecule has 0 aliphatic rings. The van der Waals surface area contributed by atoms with E-state index in [9.17, 15) is 0 Å². The average molecular weight is 326 g/mol. The van der Waals surface area contributed by atoms with E-state index in [0.29, 0.717) is 11.6 Å². The first-order chi connectivity index (χ1) is 9.75. The SMILES string of the molecule is Nc1nc(-c2ccccc2)nc(-c2ccccc2)c1Br. The highest BCUT2D eigenvalue weighted by Gasteiger charge is 2.12. The molecule has 0 saturated heterocycles. The van der Waals surface area contributed by atoms with Crippen molar-refractivity contribution in [2.45, 2.75) is 0 Å². The summed E-state index contributed by atoms with van der Waals surface area (Å²) in [6.45, 7) is 0. The molecule has 0 bridgehead atoms. The molecule has 0 atom stereocenters. The van der Waals surface area contributed by atoms with E-state index in [-0.39, 0.29) is 0 Å². The van der Waals surface area contributed by atoms with Crippen molar-refractivity contribution < 1.29 is 0 Å². The molecule has 98 valence electrons. The fourth-order valence-electron chi connectivity index (χ4n) is 1.97. The Balaban J connectivity index is 2.19. The zero-order valence-electron chi connectivity index (χ0n) is 10.6. The highest BCUT2D eigenvalue weighted by molar-refractivity contribution is 9.10. The van der Waals surface area contributed by atoms with Gasteiger partial charge in [-0.2, -0.15) is 0 Å². The van der Waals surface area contributed by atoms with Crippen molar-refractivity contribution in [3.63, 3.8) is 0 Å². The molecule has 1 heterocycles. The third-order valence-corrected chi connectivity index (χ3v) is 3.74. The Labute approximate surface area is 125 Å². The molecule has 1 aromatic heterocycles. The predicted octanol–water partition coefficient (Wildman–Crippen LogP) is 4.16. The molecule has 0 fully saturated rings. The van der Waals surface area contributed by atoms with Gasteiger partial charge in [0.2, 0.25) is 0 Å². The van der Waals surface area contributed by atoms with Gasteiger partial charge in [0.1, 0.15) is 5.82 Å². The Hall–Kier alpha value is -2.20. The van der Waals surface area contributed by atoms with Crippen LogP contribution in [0.1, 0.15) is 0 Å². The lowest BCUT2D eigenvalue weighted by molar-refractivity contribution is 1.17. The molecular formula is C16H12BrN3. The normalized spacial score (nSPS) is 10.4. The van der Waals surface area contributed by atoms with Crippen LogP contribution in [0.2, 0.25) is 0 Å². The molecule has 0 aliphatic heterocycles. The lowest BCUT2D eigenvalue weighted by atomic mass is 10.1. The molecule has 2 N–H and O–H groups in total. The van der Waals surface area contributed by atoms with Crippen LogP contribution in [0.3, 0.4) is 0 Å². The number of aromatic nitrogens is 2. The summed E-state index contributed by atoms with van der Waals surface area (Å²) in [5.74, 6) is 1.07. The van der Waals surface area contributed by atoms with Crippen molar-refractivity contribution >= 4 is 21.7 Å². The van der Waals surface area contributed by atoms with Crippen LogP contribution in [-0.2, 0) is 0 Å². The van der Waals surface area contributed by atoms with Gasteiger partial charge in [0.05, 0.1) is 10.2 Å². The fourth-order valence-corrected chi connectivity index (χ4v) is 2.37. The van der Waals surface area contributed by atoms with E-state index in [1.165, 1.54) is 0 Å². The monoisotopic (exact) mass is 325 g/mol. The van der Waals surface area contributed by atoms with Crippen LogP contribution in [0.5, 0.6) is 0 Å². The summed E-state index contributed by atoms with van der Waals surface area (Å²) in [6.07, 6.45) is 0. The van der Waals surface area contributed by atoms with E-state index < -0.39 is 0 Å². The van der Waals surface area contributed by atoms with Crippen molar-refractivity contribution in [3.8, 4) is 22.6 Å². The maximum Gasteiger partial charge on any atom is 0.162 e. The topological polar surface area (TPSA) is 51.8 Å². The van der Waals surface area contributed by atoms with Gasteiger partial charge in [0.15, 0.2) is 5.82 Å². The summed E-state index contributed by atoms with van der Waals surface area (Å²) in [4.78, 5) is 8.98. The van der Waals surface area contributed by atoms with Crippen molar-refractivity contribution in [1.29, 1.82) is 0 Å². The number of nitrogen functional groups attached to an aromatic ring is 1. The molecule has 0 aliphatic carbocycles. The number of benzene rings is 2. The molecule has 4 heteroatoms. The summed E-state index contributed by atoms with van der Waals surface area (Å²) in [6, 6.07) is 19.7. The second kappa shape index (κ2) is 5.43. The molecule has 20 heavy (non-hydrogen) atoms. The Morgan fingerprint density at radius 1 is 0.750 bits per heavy atom. The molecule has 0 amide bonds. The van der Waals surface area contributed by atoms with Crippen LogP contribution in [0.25, 0.3) is 22.6 Å². The summed E-state index contributed by atoms with van der Waals surface area (Å²) in [5, 5.41) is 0. The van der Waals surface area contributed by atoms with Crippen LogP contribution in [0, 0.1) is 0 Å². The standard InChI is InChI=1S/C16H12BrN3/c17-13-14(11-7-3-1-4-8-11)19-16(20-15(13)18)12-9-5-2-6-10-12/h1-10H,(H2,18,19,20).